The number of halogens is 1. The Kier molecular flexibility index (Phi) is 6.98. The highest BCUT2D eigenvalue weighted by Gasteiger charge is 2.31. The van der Waals surface area contributed by atoms with Gasteiger partial charge in [0.2, 0.25) is 15.9 Å². The molecule has 1 aliphatic heterocycles. The van der Waals surface area contributed by atoms with Crippen molar-refractivity contribution in [3.63, 3.8) is 0 Å². The van der Waals surface area contributed by atoms with Crippen LogP contribution in [0.3, 0.4) is 0 Å². The van der Waals surface area contributed by atoms with E-state index in [2.05, 4.69) is 19.2 Å². The lowest BCUT2D eigenvalue weighted by Gasteiger charge is -2.30. The van der Waals surface area contributed by atoms with Gasteiger partial charge in [-0.25, -0.2) is 12.7 Å². The van der Waals surface area contributed by atoms with Gasteiger partial charge in [-0.1, -0.05) is 55.8 Å². The van der Waals surface area contributed by atoms with Crippen LogP contribution in [0.4, 0.5) is 5.69 Å². The highest BCUT2D eigenvalue weighted by Crippen LogP contribution is 2.27. The molecule has 0 aliphatic carbocycles. The highest BCUT2D eigenvalue weighted by atomic mass is 35.5. The molecule has 1 N–H and O–H groups in total. The summed E-state index contributed by atoms with van der Waals surface area (Å²) in [6.07, 6.45) is 1.04. The number of hydrogen-bond donors (Lipinski definition) is 1. The molecule has 156 valence electrons. The fourth-order valence-corrected chi connectivity index (χ4v) is 5.44. The molecule has 3 rings (SSSR count). The molecule has 1 fully saturated rings. The standard InChI is InChI=1S/C22H27ClN2O3S/c1-16(2)20-8-3-4-9-21(20)24-22(26)18-10-12-25(13-11-18)29(27,28)15-17-6-5-7-19(23)14-17/h3-9,14,16,18H,10-13,15H2,1-2H3,(H,24,26). The fourth-order valence-electron chi connectivity index (χ4n) is 3.67. The Bertz CT molecular complexity index is 968. The van der Waals surface area contributed by atoms with Crippen LogP contribution in [0.15, 0.2) is 48.5 Å². The molecule has 29 heavy (non-hydrogen) atoms. The molecule has 0 radical (unpaired) electrons. The van der Waals surface area contributed by atoms with E-state index in [1.54, 1.807) is 24.3 Å². The third-order valence-electron chi connectivity index (χ3n) is 5.30. The maximum atomic E-state index is 12.7. The first-order chi connectivity index (χ1) is 13.8. The maximum absolute atomic E-state index is 12.7. The number of anilines is 1. The molecule has 2 aromatic carbocycles. The van der Waals surface area contributed by atoms with Gasteiger partial charge in [0.1, 0.15) is 0 Å². The zero-order chi connectivity index (χ0) is 21.0. The number of sulfonamides is 1. The number of carbonyl (C=O) groups excluding carboxylic acids is 1. The Hall–Kier alpha value is -1.89. The first-order valence-electron chi connectivity index (χ1n) is 9.88. The number of piperidine rings is 1. The predicted molar refractivity (Wildman–Crippen MR) is 118 cm³/mol. The third-order valence-corrected chi connectivity index (χ3v) is 7.38. The second-order valence-corrected chi connectivity index (χ2v) is 10.2. The summed E-state index contributed by atoms with van der Waals surface area (Å²) in [5.41, 5.74) is 2.61. The Balaban J connectivity index is 1.59. The van der Waals surface area contributed by atoms with Crippen LogP contribution in [0.1, 0.15) is 43.7 Å². The summed E-state index contributed by atoms with van der Waals surface area (Å²) in [6.45, 7) is 4.89. The van der Waals surface area contributed by atoms with Crippen molar-refractivity contribution in [2.75, 3.05) is 18.4 Å². The van der Waals surface area contributed by atoms with Crippen molar-refractivity contribution in [3.8, 4) is 0 Å². The quantitative estimate of drug-likeness (QED) is 0.719. The SMILES string of the molecule is CC(C)c1ccccc1NC(=O)C1CCN(S(=O)(=O)Cc2cccc(Cl)c2)CC1. The van der Waals surface area contributed by atoms with Gasteiger partial charge in [0.05, 0.1) is 5.75 Å². The van der Waals surface area contributed by atoms with Crippen LogP contribution in [-0.2, 0) is 20.6 Å². The van der Waals surface area contributed by atoms with Gasteiger partial charge in [0.15, 0.2) is 0 Å². The van der Waals surface area contributed by atoms with Gasteiger partial charge in [0, 0.05) is 29.7 Å². The smallest absolute Gasteiger partial charge is 0.227 e. The summed E-state index contributed by atoms with van der Waals surface area (Å²) >= 11 is 5.96. The minimum atomic E-state index is -3.44. The number of carbonyl (C=O) groups is 1. The summed E-state index contributed by atoms with van der Waals surface area (Å²) < 4.78 is 27.0. The van der Waals surface area contributed by atoms with Crippen molar-refractivity contribution in [1.29, 1.82) is 0 Å². The Labute approximate surface area is 178 Å². The topological polar surface area (TPSA) is 66.5 Å². The second kappa shape index (κ2) is 9.28. The molecule has 1 saturated heterocycles. The molecule has 1 amide bonds. The molecule has 1 heterocycles. The normalized spacial score (nSPS) is 16.1. The van der Waals surface area contributed by atoms with Crippen molar-refractivity contribution in [2.45, 2.75) is 38.4 Å². The molecule has 5 nitrogen and oxygen atoms in total. The molecule has 0 aromatic heterocycles. The Morgan fingerprint density at radius 1 is 1.14 bits per heavy atom. The van der Waals surface area contributed by atoms with E-state index >= 15 is 0 Å². The minimum absolute atomic E-state index is 0.0370. The summed E-state index contributed by atoms with van der Waals surface area (Å²) in [5.74, 6) is 0.00874. The van der Waals surface area contributed by atoms with Crippen LogP contribution < -0.4 is 5.32 Å². The number of hydrogen-bond acceptors (Lipinski definition) is 3. The van der Waals surface area contributed by atoms with Crippen LogP contribution in [-0.4, -0.2) is 31.7 Å². The molecule has 0 bridgehead atoms. The van der Waals surface area contributed by atoms with E-state index in [1.807, 2.05) is 24.3 Å². The lowest BCUT2D eigenvalue weighted by atomic mass is 9.96. The van der Waals surface area contributed by atoms with Crippen LogP contribution in [0.5, 0.6) is 0 Å². The zero-order valence-electron chi connectivity index (χ0n) is 16.8. The molecule has 0 spiro atoms. The van der Waals surface area contributed by atoms with Gasteiger partial charge in [-0.05, 0) is 48.1 Å². The van der Waals surface area contributed by atoms with Gasteiger partial charge in [-0.3, -0.25) is 4.79 Å². The monoisotopic (exact) mass is 434 g/mol. The van der Waals surface area contributed by atoms with Gasteiger partial charge >= 0.3 is 0 Å². The minimum Gasteiger partial charge on any atom is -0.326 e. The third kappa shape index (κ3) is 5.59. The molecule has 7 heteroatoms. The average molecular weight is 435 g/mol. The van der Waals surface area contributed by atoms with Crippen molar-refractivity contribution >= 4 is 33.2 Å². The first kappa shape index (κ1) is 21.8. The van der Waals surface area contributed by atoms with Gasteiger partial charge < -0.3 is 5.32 Å². The second-order valence-electron chi connectivity index (χ2n) is 7.79. The number of rotatable bonds is 6. The predicted octanol–water partition coefficient (Wildman–Crippen LogP) is 4.64. The van der Waals surface area contributed by atoms with E-state index in [4.69, 9.17) is 11.6 Å². The Morgan fingerprint density at radius 2 is 1.83 bits per heavy atom. The van der Waals surface area contributed by atoms with Crippen molar-refractivity contribution in [3.05, 3.63) is 64.7 Å². The van der Waals surface area contributed by atoms with E-state index in [0.29, 0.717) is 42.4 Å². The lowest BCUT2D eigenvalue weighted by molar-refractivity contribution is -0.120. The zero-order valence-corrected chi connectivity index (χ0v) is 18.3. The van der Waals surface area contributed by atoms with Crippen molar-refractivity contribution in [1.82, 2.24) is 4.31 Å². The van der Waals surface area contributed by atoms with Crippen LogP contribution >= 0.6 is 11.6 Å². The molecule has 0 saturated carbocycles. The van der Waals surface area contributed by atoms with Crippen molar-refractivity contribution < 1.29 is 13.2 Å². The number of nitrogens with one attached hydrogen (secondary N) is 1. The van der Waals surface area contributed by atoms with E-state index in [1.165, 1.54) is 4.31 Å². The summed E-state index contributed by atoms with van der Waals surface area (Å²) in [7, 11) is -3.44. The number of benzene rings is 2. The van der Waals surface area contributed by atoms with E-state index in [9.17, 15) is 13.2 Å². The number of amides is 1. The largest absolute Gasteiger partial charge is 0.326 e. The van der Waals surface area contributed by atoms with E-state index in [-0.39, 0.29) is 17.6 Å². The van der Waals surface area contributed by atoms with E-state index < -0.39 is 10.0 Å². The fraction of sp³-hybridized carbons (Fsp3) is 0.409. The van der Waals surface area contributed by atoms with Crippen LogP contribution in [0.25, 0.3) is 0 Å². The maximum Gasteiger partial charge on any atom is 0.227 e. The number of nitrogens with zero attached hydrogens (tertiary/aromatic N) is 1. The molecule has 0 unspecified atom stereocenters. The van der Waals surface area contributed by atoms with Gasteiger partial charge in [-0.15, -0.1) is 0 Å². The lowest BCUT2D eigenvalue weighted by Crippen LogP contribution is -2.42. The average Bonchev–Trinajstić information content (AvgIpc) is 2.68. The number of para-hydroxylation sites is 1. The summed E-state index contributed by atoms with van der Waals surface area (Å²) in [4.78, 5) is 12.7. The molecule has 0 atom stereocenters. The first-order valence-corrected chi connectivity index (χ1v) is 11.9. The van der Waals surface area contributed by atoms with Gasteiger partial charge in [-0.2, -0.15) is 0 Å². The Morgan fingerprint density at radius 3 is 2.48 bits per heavy atom. The summed E-state index contributed by atoms with van der Waals surface area (Å²) in [5, 5.41) is 3.56. The molecular formula is C22H27ClN2O3S. The highest BCUT2D eigenvalue weighted by molar-refractivity contribution is 7.88. The van der Waals surface area contributed by atoms with E-state index in [0.717, 1.165) is 11.3 Å². The van der Waals surface area contributed by atoms with Crippen LogP contribution in [0, 0.1) is 5.92 Å². The molecule has 1 aliphatic rings. The van der Waals surface area contributed by atoms with Crippen molar-refractivity contribution in [2.24, 2.45) is 5.92 Å². The molecular weight excluding hydrogens is 408 g/mol. The van der Waals surface area contributed by atoms with Crippen LogP contribution in [0.2, 0.25) is 5.02 Å². The molecule has 2 aromatic rings. The summed E-state index contributed by atoms with van der Waals surface area (Å²) in [6, 6.07) is 14.7. The van der Waals surface area contributed by atoms with Gasteiger partial charge in [0.25, 0.3) is 0 Å².